The van der Waals surface area contributed by atoms with E-state index < -0.39 is 15.6 Å². The molecular formula is C29H37N7O2S. The zero-order valence-electron chi connectivity index (χ0n) is 23.3. The van der Waals surface area contributed by atoms with Crippen LogP contribution < -0.4 is 10.0 Å². The van der Waals surface area contributed by atoms with E-state index in [9.17, 15) is 8.42 Å². The highest BCUT2D eigenvalue weighted by atomic mass is 32.2. The molecule has 0 amide bonds. The van der Waals surface area contributed by atoms with E-state index in [1.165, 1.54) is 11.1 Å². The number of hydrogen-bond acceptors (Lipinski definition) is 7. The van der Waals surface area contributed by atoms with E-state index in [1.54, 1.807) is 30.5 Å². The summed E-state index contributed by atoms with van der Waals surface area (Å²) in [7, 11) is -1.43. The summed E-state index contributed by atoms with van der Waals surface area (Å²) >= 11 is 0. The molecule has 9 nitrogen and oxygen atoms in total. The highest BCUT2D eigenvalue weighted by Crippen LogP contribution is 2.24. The molecule has 3 heterocycles. The van der Waals surface area contributed by atoms with Gasteiger partial charge in [0.15, 0.2) is 0 Å². The molecule has 1 saturated heterocycles. The molecule has 4 aromatic rings. The predicted octanol–water partition coefficient (Wildman–Crippen LogP) is 4.30. The lowest BCUT2D eigenvalue weighted by molar-refractivity contribution is 0.148. The van der Waals surface area contributed by atoms with Gasteiger partial charge in [-0.3, -0.25) is 4.90 Å². The van der Waals surface area contributed by atoms with E-state index in [0.717, 1.165) is 55.1 Å². The standard InChI is InChI=1S/C29H37N7O2S/c1-21-6-7-24(18-23(21)20-35-16-14-34(5)15-17-35)31-28-30-19-22-12-13-36(27(22)32-28)25-8-10-26(11-9-25)39(37,38)33-29(2,3)4/h6-13,18-19,33H,14-17,20H2,1-5H3,(H,30,31,32). The highest BCUT2D eigenvalue weighted by molar-refractivity contribution is 7.89. The minimum Gasteiger partial charge on any atom is -0.324 e. The summed E-state index contributed by atoms with van der Waals surface area (Å²) in [6.45, 7) is 12.9. The first-order valence-electron chi connectivity index (χ1n) is 13.2. The number of benzene rings is 2. The second-order valence-corrected chi connectivity index (χ2v) is 13.0. The van der Waals surface area contributed by atoms with Crippen molar-refractivity contribution in [1.29, 1.82) is 0 Å². The van der Waals surface area contributed by atoms with Crippen molar-refractivity contribution in [2.75, 3.05) is 38.5 Å². The van der Waals surface area contributed by atoms with Gasteiger partial charge in [-0.1, -0.05) is 6.07 Å². The summed E-state index contributed by atoms with van der Waals surface area (Å²) in [4.78, 5) is 14.4. The Kier molecular flexibility index (Phi) is 7.47. The van der Waals surface area contributed by atoms with E-state index in [4.69, 9.17) is 4.98 Å². The van der Waals surface area contributed by atoms with Crippen molar-refractivity contribution in [1.82, 2.24) is 29.1 Å². The second-order valence-electron chi connectivity index (χ2n) is 11.4. The molecule has 2 N–H and O–H groups in total. The second kappa shape index (κ2) is 10.7. The molecule has 0 saturated carbocycles. The van der Waals surface area contributed by atoms with Crippen LogP contribution in [0.5, 0.6) is 0 Å². The van der Waals surface area contributed by atoms with Crippen LogP contribution in [0.1, 0.15) is 31.9 Å². The van der Waals surface area contributed by atoms with Crippen LogP contribution in [0.3, 0.4) is 0 Å². The van der Waals surface area contributed by atoms with Gasteiger partial charge in [0.05, 0.1) is 4.90 Å². The minimum atomic E-state index is -3.61. The third-order valence-corrected chi connectivity index (χ3v) is 8.66. The summed E-state index contributed by atoms with van der Waals surface area (Å²) < 4.78 is 30.0. The number of likely N-dealkylation sites (N-methyl/N-ethyl adjacent to an activating group) is 1. The largest absolute Gasteiger partial charge is 0.324 e. The van der Waals surface area contributed by atoms with Gasteiger partial charge in [0.1, 0.15) is 5.65 Å². The van der Waals surface area contributed by atoms with Crippen LogP contribution in [-0.4, -0.2) is 71.5 Å². The van der Waals surface area contributed by atoms with Crippen LogP contribution in [0.2, 0.25) is 0 Å². The van der Waals surface area contributed by atoms with Gasteiger partial charge in [-0.2, -0.15) is 4.98 Å². The van der Waals surface area contributed by atoms with Crippen LogP contribution in [0.25, 0.3) is 16.7 Å². The number of aromatic nitrogens is 3. The lowest BCUT2D eigenvalue weighted by Gasteiger charge is -2.32. The molecule has 0 aliphatic carbocycles. The van der Waals surface area contributed by atoms with Crippen molar-refractivity contribution in [3.8, 4) is 5.69 Å². The van der Waals surface area contributed by atoms with E-state index in [0.29, 0.717) is 5.95 Å². The molecule has 2 aromatic heterocycles. The molecule has 0 atom stereocenters. The van der Waals surface area contributed by atoms with Gasteiger partial charge in [0, 0.05) is 67.4 Å². The maximum Gasteiger partial charge on any atom is 0.241 e. The SMILES string of the molecule is Cc1ccc(Nc2ncc3ccn(-c4ccc(S(=O)(=O)NC(C)(C)C)cc4)c3n2)cc1CN1CCN(C)CC1. The molecule has 1 aliphatic heterocycles. The van der Waals surface area contributed by atoms with Crippen LogP contribution in [0.15, 0.2) is 65.8 Å². The normalized spacial score (nSPS) is 15.6. The zero-order chi connectivity index (χ0) is 27.8. The molecule has 0 radical (unpaired) electrons. The molecule has 0 bridgehead atoms. The number of sulfonamides is 1. The van der Waals surface area contributed by atoms with Crippen molar-refractivity contribution in [3.63, 3.8) is 0 Å². The Bertz CT molecular complexity index is 1570. The van der Waals surface area contributed by atoms with E-state index in [-0.39, 0.29) is 4.90 Å². The lowest BCUT2D eigenvalue weighted by atomic mass is 10.1. The summed E-state index contributed by atoms with van der Waals surface area (Å²) in [5, 5.41) is 4.27. The first-order valence-corrected chi connectivity index (χ1v) is 14.7. The average molecular weight is 548 g/mol. The third kappa shape index (κ3) is 6.47. The number of rotatable bonds is 7. The van der Waals surface area contributed by atoms with Gasteiger partial charge in [-0.25, -0.2) is 18.1 Å². The molecule has 1 fully saturated rings. The molecule has 2 aromatic carbocycles. The fraction of sp³-hybridized carbons (Fsp3) is 0.379. The predicted molar refractivity (Wildman–Crippen MR) is 156 cm³/mol. The Balaban J connectivity index is 1.36. The fourth-order valence-corrected chi connectivity index (χ4v) is 6.15. The average Bonchev–Trinajstić information content (AvgIpc) is 3.29. The van der Waals surface area contributed by atoms with Crippen molar-refractivity contribution in [2.45, 2.75) is 44.7 Å². The molecule has 206 valence electrons. The number of nitrogens with zero attached hydrogens (tertiary/aromatic N) is 5. The molecule has 39 heavy (non-hydrogen) atoms. The third-order valence-electron chi connectivity index (χ3n) is 6.89. The Morgan fingerprint density at radius 1 is 0.974 bits per heavy atom. The summed E-state index contributed by atoms with van der Waals surface area (Å²) in [6.07, 6.45) is 3.71. The molecule has 10 heteroatoms. The number of aryl methyl sites for hydroxylation is 1. The Morgan fingerprint density at radius 2 is 1.69 bits per heavy atom. The van der Waals surface area contributed by atoms with Gasteiger partial charge >= 0.3 is 0 Å². The summed E-state index contributed by atoms with van der Waals surface area (Å²) in [5.41, 5.74) is 4.51. The van der Waals surface area contributed by atoms with Crippen molar-refractivity contribution in [2.24, 2.45) is 0 Å². The monoisotopic (exact) mass is 547 g/mol. The van der Waals surface area contributed by atoms with Crippen LogP contribution in [0.4, 0.5) is 11.6 Å². The number of anilines is 2. The van der Waals surface area contributed by atoms with Gasteiger partial charge in [-0.15, -0.1) is 0 Å². The zero-order valence-corrected chi connectivity index (χ0v) is 24.1. The molecular weight excluding hydrogens is 510 g/mol. The Morgan fingerprint density at radius 3 is 2.38 bits per heavy atom. The quantitative estimate of drug-likeness (QED) is 0.356. The molecule has 5 rings (SSSR count). The molecule has 1 aliphatic rings. The smallest absolute Gasteiger partial charge is 0.241 e. The van der Waals surface area contributed by atoms with Crippen LogP contribution in [-0.2, 0) is 16.6 Å². The lowest BCUT2D eigenvalue weighted by Crippen LogP contribution is -2.43. The van der Waals surface area contributed by atoms with E-state index in [2.05, 4.69) is 57.0 Å². The van der Waals surface area contributed by atoms with Crippen molar-refractivity contribution in [3.05, 3.63) is 72.1 Å². The van der Waals surface area contributed by atoms with E-state index >= 15 is 0 Å². The highest BCUT2D eigenvalue weighted by Gasteiger charge is 2.22. The number of hydrogen-bond donors (Lipinski definition) is 2. The van der Waals surface area contributed by atoms with Crippen LogP contribution in [0, 0.1) is 6.92 Å². The number of nitrogens with one attached hydrogen (secondary N) is 2. The van der Waals surface area contributed by atoms with E-state index in [1.807, 2.05) is 37.6 Å². The maximum atomic E-state index is 12.7. The maximum absolute atomic E-state index is 12.7. The van der Waals surface area contributed by atoms with Crippen LogP contribution >= 0.6 is 0 Å². The molecule has 0 spiro atoms. The first kappa shape index (κ1) is 27.3. The van der Waals surface area contributed by atoms with Gasteiger partial charge in [0.25, 0.3) is 0 Å². The minimum absolute atomic E-state index is 0.223. The number of piperazine rings is 1. The van der Waals surface area contributed by atoms with Gasteiger partial charge in [-0.05, 0) is 88.3 Å². The molecule has 0 unspecified atom stereocenters. The van der Waals surface area contributed by atoms with Crippen molar-refractivity contribution >= 4 is 32.7 Å². The van der Waals surface area contributed by atoms with Gasteiger partial charge in [0.2, 0.25) is 16.0 Å². The number of fused-ring (bicyclic) bond motifs is 1. The Labute approximate surface area is 230 Å². The van der Waals surface area contributed by atoms with Gasteiger partial charge < -0.3 is 14.8 Å². The topological polar surface area (TPSA) is 95.4 Å². The fourth-order valence-electron chi connectivity index (χ4n) is 4.73. The summed E-state index contributed by atoms with van der Waals surface area (Å²) in [5.74, 6) is 0.505. The summed E-state index contributed by atoms with van der Waals surface area (Å²) in [6, 6.07) is 15.1. The first-order chi connectivity index (χ1) is 18.5. The Hall–Kier alpha value is -3.31. The van der Waals surface area contributed by atoms with Crippen molar-refractivity contribution < 1.29 is 8.42 Å².